The van der Waals surface area contributed by atoms with Crippen molar-refractivity contribution in [2.24, 2.45) is 0 Å². The van der Waals surface area contributed by atoms with Crippen molar-refractivity contribution in [1.29, 1.82) is 0 Å². The molecule has 2 aliphatic rings. The van der Waals surface area contributed by atoms with Gasteiger partial charge in [0.15, 0.2) is 11.2 Å². The molecule has 0 unspecified atom stereocenters. The highest BCUT2D eigenvalue weighted by molar-refractivity contribution is 5.94. The maximum Gasteiger partial charge on any atom is 0.410 e. The molecule has 4 aromatic rings. The van der Waals surface area contributed by atoms with Crippen LogP contribution >= 0.6 is 0 Å². The van der Waals surface area contributed by atoms with Crippen LogP contribution in [0.25, 0.3) is 22.7 Å². The van der Waals surface area contributed by atoms with E-state index in [-0.39, 0.29) is 23.0 Å². The van der Waals surface area contributed by atoms with Gasteiger partial charge in [-0.05, 0) is 71.2 Å². The summed E-state index contributed by atoms with van der Waals surface area (Å²) in [6, 6.07) is 5.27. The molecule has 0 atom stereocenters. The maximum absolute atomic E-state index is 13.6. The van der Waals surface area contributed by atoms with Gasteiger partial charge >= 0.3 is 12.1 Å². The van der Waals surface area contributed by atoms with Gasteiger partial charge in [-0.3, -0.25) is 14.1 Å². The summed E-state index contributed by atoms with van der Waals surface area (Å²) in [4.78, 5) is 51.7. The maximum atomic E-state index is 13.6. The zero-order valence-electron chi connectivity index (χ0n) is 23.1. The van der Waals surface area contributed by atoms with Gasteiger partial charge in [-0.1, -0.05) is 0 Å². The summed E-state index contributed by atoms with van der Waals surface area (Å²) in [5, 5.41) is 14.6. The number of imidazole rings is 1. The van der Waals surface area contributed by atoms with Crippen LogP contribution in [-0.4, -0.2) is 76.8 Å². The number of carboxylic acid groups (broad SMARTS) is 1. The van der Waals surface area contributed by atoms with E-state index in [0.717, 1.165) is 29.8 Å². The van der Waals surface area contributed by atoms with Gasteiger partial charge in [0.25, 0.3) is 5.56 Å². The number of carbonyl (C=O) groups excluding carboxylic acids is 1. The molecule has 6 rings (SSSR count). The zero-order chi connectivity index (χ0) is 28.6. The first-order valence-corrected chi connectivity index (χ1v) is 13.2. The molecule has 12 heteroatoms. The Kier molecular flexibility index (Phi) is 5.65. The van der Waals surface area contributed by atoms with Crippen LogP contribution in [0.5, 0.6) is 0 Å². The molecule has 208 valence electrons. The molecule has 0 aromatic carbocycles. The van der Waals surface area contributed by atoms with E-state index >= 15 is 0 Å². The molecule has 1 saturated carbocycles. The number of pyridine rings is 1. The number of rotatable bonds is 3. The molecule has 12 nitrogen and oxygen atoms in total. The molecule has 1 aliphatic carbocycles. The number of hydrogen-bond acceptors (Lipinski definition) is 8. The van der Waals surface area contributed by atoms with Gasteiger partial charge in [0.05, 0.1) is 23.1 Å². The van der Waals surface area contributed by atoms with Gasteiger partial charge in [-0.25, -0.2) is 24.1 Å². The molecule has 40 heavy (non-hydrogen) atoms. The van der Waals surface area contributed by atoms with Crippen LogP contribution < -0.4 is 10.5 Å². The smallest absolute Gasteiger partial charge is 0.410 e. The van der Waals surface area contributed by atoms with Crippen LogP contribution in [0.4, 0.5) is 10.5 Å². The van der Waals surface area contributed by atoms with Gasteiger partial charge in [0, 0.05) is 25.8 Å². The number of hydrogen-bond donors (Lipinski definition) is 1. The fourth-order valence-corrected chi connectivity index (χ4v) is 5.43. The molecule has 0 bridgehead atoms. The third kappa shape index (κ3) is 4.33. The number of fused-ring (bicyclic) bond motifs is 2. The molecule has 5 heterocycles. The molecule has 1 spiro atoms. The molecular formula is C28H31N7O5. The fourth-order valence-electron chi connectivity index (χ4n) is 5.43. The standard InChI is InChI=1S/C28H31N7O5/c1-16-12-19(31-35-13-17(2)29-23(16)35)22-21(25(37)38)24(36)33-14-18(6-7-20(33)30-22)32-10-11-34(28(15-32)8-9-28)26(39)40-27(3,4)5/h6-7,12-14H,8-11,15H2,1-5H3,(H,37,38). The Morgan fingerprint density at radius 3 is 2.50 bits per heavy atom. The van der Waals surface area contributed by atoms with Crippen LogP contribution in [0.3, 0.4) is 0 Å². The van der Waals surface area contributed by atoms with Gasteiger partial charge < -0.3 is 14.7 Å². The van der Waals surface area contributed by atoms with E-state index < -0.39 is 22.7 Å². The summed E-state index contributed by atoms with van der Waals surface area (Å²) in [5.41, 5.74) is 1.52. The number of amides is 1. The third-order valence-corrected chi connectivity index (χ3v) is 7.45. The van der Waals surface area contributed by atoms with Crippen LogP contribution in [0.1, 0.15) is 55.2 Å². The summed E-state index contributed by atoms with van der Waals surface area (Å²) in [5.74, 6) is -1.38. The number of aromatic nitrogens is 5. The van der Waals surface area contributed by atoms with Crippen molar-refractivity contribution in [3.8, 4) is 11.4 Å². The van der Waals surface area contributed by atoms with E-state index in [2.05, 4.69) is 20.0 Å². The molecule has 1 saturated heterocycles. The lowest BCUT2D eigenvalue weighted by molar-refractivity contribution is 0.0106. The number of carbonyl (C=O) groups is 2. The largest absolute Gasteiger partial charge is 0.477 e. The third-order valence-electron chi connectivity index (χ3n) is 7.45. The number of ether oxygens (including phenoxy) is 1. The van der Waals surface area contributed by atoms with Crippen molar-refractivity contribution in [1.82, 2.24) is 28.9 Å². The predicted octanol–water partition coefficient (Wildman–Crippen LogP) is 3.31. The quantitative estimate of drug-likeness (QED) is 0.411. The van der Waals surface area contributed by atoms with E-state index in [1.807, 2.05) is 45.6 Å². The van der Waals surface area contributed by atoms with E-state index in [9.17, 15) is 19.5 Å². The van der Waals surface area contributed by atoms with Crippen LogP contribution in [0.2, 0.25) is 0 Å². The van der Waals surface area contributed by atoms with E-state index in [1.165, 1.54) is 4.40 Å². The van der Waals surface area contributed by atoms with Crippen molar-refractivity contribution in [2.75, 3.05) is 24.5 Å². The minimum absolute atomic E-state index is 0.00418. The van der Waals surface area contributed by atoms with Crippen molar-refractivity contribution < 1.29 is 19.4 Å². The monoisotopic (exact) mass is 545 g/mol. The second-order valence-corrected chi connectivity index (χ2v) is 11.7. The highest BCUT2D eigenvalue weighted by Gasteiger charge is 2.54. The van der Waals surface area contributed by atoms with Crippen LogP contribution in [0, 0.1) is 13.8 Å². The fraction of sp³-hybridized carbons (Fsp3) is 0.429. The van der Waals surface area contributed by atoms with Gasteiger partial charge in [0.1, 0.15) is 22.6 Å². The number of aromatic carboxylic acids is 1. The molecule has 1 aliphatic heterocycles. The van der Waals surface area contributed by atoms with Crippen LogP contribution in [-0.2, 0) is 4.74 Å². The number of piperazine rings is 1. The second-order valence-electron chi connectivity index (χ2n) is 11.7. The Hall–Kier alpha value is -4.48. The Morgan fingerprint density at radius 1 is 1.07 bits per heavy atom. The van der Waals surface area contributed by atoms with E-state index in [4.69, 9.17) is 4.74 Å². The molecule has 1 N–H and O–H groups in total. The average molecular weight is 546 g/mol. The Balaban J connectivity index is 1.37. The number of carboxylic acids is 1. The summed E-state index contributed by atoms with van der Waals surface area (Å²) in [6.07, 6.45) is 4.80. The molecule has 1 amide bonds. The molecular weight excluding hydrogens is 514 g/mol. The number of aryl methyl sites for hydroxylation is 2. The average Bonchev–Trinajstić information content (AvgIpc) is 3.51. The lowest BCUT2D eigenvalue weighted by Gasteiger charge is -2.43. The summed E-state index contributed by atoms with van der Waals surface area (Å²) in [6.45, 7) is 10.9. The summed E-state index contributed by atoms with van der Waals surface area (Å²) in [7, 11) is 0. The number of nitrogens with zero attached hydrogens (tertiary/aromatic N) is 7. The predicted molar refractivity (Wildman–Crippen MR) is 147 cm³/mol. The molecule has 4 aromatic heterocycles. The lowest BCUT2D eigenvalue weighted by Crippen LogP contribution is -2.58. The Labute approximate surface area is 229 Å². The Morgan fingerprint density at radius 2 is 1.82 bits per heavy atom. The molecule has 2 fully saturated rings. The summed E-state index contributed by atoms with van der Waals surface area (Å²) >= 11 is 0. The highest BCUT2D eigenvalue weighted by Crippen LogP contribution is 2.45. The highest BCUT2D eigenvalue weighted by atomic mass is 16.6. The topological polar surface area (TPSA) is 135 Å². The van der Waals surface area contributed by atoms with Gasteiger partial charge in [0.2, 0.25) is 0 Å². The first-order valence-electron chi connectivity index (χ1n) is 13.2. The second kappa shape index (κ2) is 8.77. The minimum Gasteiger partial charge on any atom is -0.477 e. The van der Waals surface area contributed by atoms with Crippen molar-refractivity contribution in [3.63, 3.8) is 0 Å². The van der Waals surface area contributed by atoms with E-state index in [0.29, 0.717) is 30.9 Å². The number of anilines is 1. The van der Waals surface area contributed by atoms with Gasteiger partial charge in [-0.2, -0.15) is 5.10 Å². The minimum atomic E-state index is -1.38. The first kappa shape index (κ1) is 25.8. The zero-order valence-corrected chi connectivity index (χ0v) is 23.1. The Bertz CT molecular complexity index is 1760. The van der Waals surface area contributed by atoms with Crippen LogP contribution in [0.15, 0.2) is 35.4 Å². The van der Waals surface area contributed by atoms with Gasteiger partial charge in [-0.15, -0.1) is 0 Å². The van der Waals surface area contributed by atoms with E-state index in [1.54, 1.807) is 29.0 Å². The van der Waals surface area contributed by atoms with Crippen molar-refractivity contribution in [2.45, 2.75) is 58.6 Å². The lowest BCUT2D eigenvalue weighted by atomic mass is 10.1. The normalized spacial score (nSPS) is 16.6. The first-order chi connectivity index (χ1) is 18.8. The summed E-state index contributed by atoms with van der Waals surface area (Å²) < 4.78 is 8.48. The van der Waals surface area contributed by atoms with Crippen molar-refractivity contribution >= 4 is 29.0 Å². The SMILES string of the molecule is Cc1cn2nc(-c3nc4ccc(N5CCN(C(=O)OC(C)(C)C)C6(CC6)C5)cn4c(=O)c3C(=O)O)cc(C)c2n1. The molecule has 0 radical (unpaired) electrons. The van der Waals surface area contributed by atoms with Crippen molar-refractivity contribution in [3.05, 3.63) is 57.8 Å².